The summed E-state index contributed by atoms with van der Waals surface area (Å²) in [5, 5.41) is 0.721. The molecule has 186 valence electrons. The molecule has 0 spiro atoms. The Morgan fingerprint density at radius 3 is 2.21 bits per heavy atom. The Hall–Kier alpha value is -2.19. The van der Waals surface area contributed by atoms with Crippen molar-refractivity contribution in [3.63, 3.8) is 0 Å². The first-order chi connectivity index (χ1) is 15.6. The van der Waals surface area contributed by atoms with E-state index in [1.165, 1.54) is 12.1 Å². The molecule has 1 aromatic heterocycles. The SMILES string of the molecule is CC(C)(C)Cn1cc([C@H](CF)N[S@@](=O)C(C)(C)C)c2ccc(-c3ccccc3C(F)(F)F)cc21. The van der Waals surface area contributed by atoms with Gasteiger partial charge in [0.2, 0.25) is 0 Å². The molecule has 0 aliphatic carbocycles. The van der Waals surface area contributed by atoms with Gasteiger partial charge in [-0.15, -0.1) is 0 Å². The Labute approximate surface area is 201 Å². The lowest BCUT2D eigenvalue weighted by Gasteiger charge is -2.22. The van der Waals surface area contributed by atoms with Crippen molar-refractivity contribution < 1.29 is 21.8 Å². The molecular weight excluding hydrogens is 464 g/mol. The van der Waals surface area contributed by atoms with Crippen LogP contribution in [0.4, 0.5) is 17.6 Å². The number of aromatic nitrogens is 1. The van der Waals surface area contributed by atoms with Gasteiger partial charge < -0.3 is 4.57 Å². The maximum Gasteiger partial charge on any atom is 0.417 e. The number of hydrogen-bond acceptors (Lipinski definition) is 1. The highest BCUT2D eigenvalue weighted by molar-refractivity contribution is 7.84. The number of halogens is 4. The van der Waals surface area contributed by atoms with E-state index in [-0.39, 0.29) is 11.0 Å². The van der Waals surface area contributed by atoms with Crippen LogP contribution < -0.4 is 4.72 Å². The van der Waals surface area contributed by atoms with E-state index in [1.54, 1.807) is 45.0 Å². The first kappa shape index (κ1) is 26.4. The monoisotopic (exact) mass is 496 g/mol. The van der Waals surface area contributed by atoms with E-state index in [2.05, 4.69) is 25.5 Å². The highest BCUT2D eigenvalue weighted by atomic mass is 32.2. The van der Waals surface area contributed by atoms with Crippen LogP contribution in [0, 0.1) is 5.41 Å². The van der Waals surface area contributed by atoms with E-state index in [9.17, 15) is 21.8 Å². The van der Waals surface area contributed by atoms with Gasteiger partial charge in [0.25, 0.3) is 0 Å². The molecular formula is C26H32F4N2OS. The topological polar surface area (TPSA) is 34.0 Å². The van der Waals surface area contributed by atoms with E-state index in [1.807, 2.05) is 10.8 Å². The Morgan fingerprint density at radius 2 is 1.65 bits per heavy atom. The predicted octanol–water partition coefficient (Wildman–Crippen LogP) is 7.44. The second-order valence-corrected chi connectivity index (χ2v) is 12.8. The molecule has 1 N–H and O–H groups in total. The molecule has 0 aliphatic rings. The second-order valence-electron chi connectivity index (χ2n) is 10.8. The van der Waals surface area contributed by atoms with Crippen molar-refractivity contribution in [1.29, 1.82) is 0 Å². The summed E-state index contributed by atoms with van der Waals surface area (Å²) < 4.78 is 72.0. The minimum atomic E-state index is -4.48. The standard InChI is InChI=1S/C26H32F4N2OS/c1-24(2,3)16-32-15-20(22(14-27)31-34(33)25(4,5)6)19-12-11-17(13-23(19)32)18-9-7-8-10-21(18)26(28,29)30/h7-13,15,22,31H,14,16H2,1-6H3/t22-,34-/m0/s1. The normalized spacial score (nSPS) is 15.0. The van der Waals surface area contributed by atoms with Gasteiger partial charge in [0.05, 0.1) is 27.3 Å². The molecule has 0 unspecified atom stereocenters. The van der Waals surface area contributed by atoms with Crippen LogP contribution in [-0.4, -0.2) is 20.2 Å². The summed E-state index contributed by atoms with van der Waals surface area (Å²) in [4.78, 5) is 0. The van der Waals surface area contributed by atoms with Crippen LogP contribution in [0.25, 0.3) is 22.0 Å². The summed E-state index contributed by atoms with van der Waals surface area (Å²) in [7, 11) is -1.49. The summed E-state index contributed by atoms with van der Waals surface area (Å²) in [6.45, 7) is 11.4. The molecule has 3 rings (SSSR count). The summed E-state index contributed by atoms with van der Waals surface area (Å²) in [6.07, 6.45) is -2.66. The molecule has 0 aliphatic heterocycles. The zero-order chi connectivity index (χ0) is 25.5. The quantitative estimate of drug-likeness (QED) is 0.354. The van der Waals surface area contributed by atoms with Gasteiger partial charge in [0.1, 0.15) is 6.67 Å². The maximum absolute atomic E-state index is 14.2. The molecule has 3 nitrogen and oxygen atoms in total. The third-order valence-electron chi connectivity index (χ3n) is 5.44. The summed E-state index contributed by atoms with van der Waals surface area (Å²) >= 11 is 0. The van der Waals surface area contributed by atoms with Crippen molar-refractivity contribution in [2.75, 3.05) is 6.67 Å². The molecule has 3 aromatic rings. The average Bonchev–Trinajstić information content (AvgIpc) is 3.06. The van der Waals surface area contributed by atoms with Crippen molar-refractivity contribution in [2.24, 2.45) is 5.41 Å². The number of nitrogens with one attached hydrogen (secondary N) is 1. The number of fused-ring (bicyclic) bond motifs is 1. The Bertz CT molecular complexity index is 1190. The van der Waals surface area contributed by atoms with Gasteiger partial charge in [0, 0.05) is 23.6 Å². The van der Waals surface area contributed by atoms with Crippen LogP contribution in [0.3, 0.4) is 0 Å². The van der Waals surface area contributed by atoms with Gasteiger partial charge in [0.15, 0.2) is 0 Å². The Morgan fingerprint density at radius 1 is 1.00 bits per heavy atom. The predicted molar refractivity (Wildman–Crippen MR) is 132 cm³/mol. The molecule has 8 heteroatoms. The molecule has 0 fully saturated rings. The fourth-order valence-corrected chi connectivity index (χ4v) is 4.68. The van der Waals surface area contributed by atoms with Gasteiger partial charge in [-0.25, -0.2) is 13.3 Å². The van der Waals surface area contributed by atoms with Gasteiger partial charge >= 0.3 is 6.18 Å². The summed E-state index contributed by atoms with van der Waals surface area (Å²) in [5.41, 5.74) is 1.04. The molecule has 0 saturated heterocycles. The van der Waals surface area contributed by atoms with E-state index in [0.717, 1.165) is 11.5 Å². The van der Waals surface area contributed by atoms with E-state index < -0.39 is 40.2 Å². The van der Waals surface area contributed by atoms with Crippen LogP contribution >= 0.6 is 0 Å². The van der Waals surface area contributed by atoms with Crippen LogP contribution in [0.2, 0.25) is 0 Å². The van der Waals surface area contributed by atoms with Crippen LogP contribution in [-0.2, 0) is 23.7 Å². The average molecular weight is 497 g/mol. The smallest absolute Gasteiger partial charge is 0.347 e. The fraction of sp³-hybridized carbons (Fsp3) is 0.462. The maximum atomic E-state index is 14.2. The molecule has 0 amide bonds. The minimum absolute atomic E-state index is 0.0935. The molecule has 2 atom stereocenters. The van der Waals surface area contributed by atoms with E-state index >= 15 is 0 Å². The zero-order valence-corrected chi connectivity index (χ0v) is 21.2. The van der Waals surface area contributed by atoms with E-state index in [4.69, 9.17) is 0 Å². The van der Waals surface area contributed by atoms with Gasteiger partial charge in [-0.1, -0.05) is 51.1 Å². The van der Waals surface area contributed by atoms with Crippen molar-refractivity contribution >= 4 is 21.9 Å². The first-order valence-electron chi connectivity index (χ1n) is 11.2. The lowest BCUT2D eigenvalue weighted by molar-refractivity contribution is -0.137. The van der Waals surface area contributed by atoms with Crippen LogP contribution in [0.15, 0.2) is 48.7 Å². The molecule has 0 bridgehead atoms. The molecule has 2 aromatic carbocycles. The fourth-order valence-electron chi connectivity index (χ4n) is 3.87. The summed E-state index contributed by atoms with van der Waals surface area (Å²) in [6, 6.07) is 9.77. The first-order valence-corrected chi connectivity index (χ1v) is 12.3. The molecule has 1 heterocycles. The van der Waals surface area contributed by atoms with Gasteiger partial charge in [-0.05, 0) is 55.0 Å². The minimum Gasteiger partial charge on any atom is -0.347 e. The van der Waals surface area contributed by atoms with Crippen molar-refractivity contribution in [3.8, 4) is 11.1 Å². The highest BCUT2D eigenvalue weighted by Gasteiger charge is 2.33. The molecule has 0 saturated carbocycles. The number of alkyl halides is 4. The number of rotatable bonds is 6. The number of nitrogens with zero attached hydrogens (tertiary/aromatic N) is 1. The van der Waals surface area contributed by atoms with Crippen molar-refractivity contribution in [1.82, 2.24) is 9.29 Å². The lowest BCUT2D eigenvalue weighted by Crippen LogP contribution is -2.36. The Kier molecular flexibility index (Phi) is 7.35. The third-order valence-corrected chi connectivity index (χ3v) is 7.05. The van der Waals surface area contributed by atoms with Crippen LogP contribution in [0.1, 0.15) is 58.7 Å². The lowest BCUT2D eigenvalue weighted by atomic mass is 9.96. The number of hydrogen-bond donors (Lipinski definition) is 1. The van der Waals surface area contributed by atoms with Gasteiger partial charge in [-0.2, -0.15) is 13.2 Å². The summed E-state index contributed by atoms with van der Waals surface area (Å²) in [5.74, 6) is 0. The largest absolute Gasteiger partial charge is 0.417 e. The Balaban J connectivity index is 2.19. The van der Waals surface area contributed by atoms with Crippen molar-refractivity contribution in [3.05, 3.63) is 59.8 Å². The van der Waals surface area contributed by atoms with Crippen molar-refractivity contribution in [2.45, 2.75) is 65.1 Å². The molecule has 34 heavy (non-hydrogen) atoms. The van der Waals surface area contributed by atoms with E-state index in [0.29, 0.717) is 23.2 Å². The number of benzene rings is 2. The molecule has 0 radical (unpaired) electrons. The highest BCUT2D eigenvalue weighted by Crippen LogP contribution is 2.39. The zero-order valence-electron chi connectivity index (χ0n) is 20.4. The third kappa shape index (κ3) is 5.89. The van der Waals surface area contributed by atoms with Crippen LogP contribution in [0.5, 0.6) is 0 Å². The van der Waals surface area contributed by atoms with Gasteiger partial charge in [-0.3, -0.25) is 0 Å². The second kappa shape index (κ2) is 9.46.